The summed E-state index contributed by atoms with van der Waals surface area (Å²) in [7, 11) is -1.75. The zero-order valence-corrected chi connectivity index (χ0v) is 14.5. The molecule has 0 aromatic heterocycles. The van der Waals surface area contributed by atoms with Crippen LogP contribution in [-0.2, 0) is 4.43 Å². The summed E-state index contributed by atoms with van der Waals surface area (Å²) in [6.45, 7) is 21.4. The molecule has 0 saturated carbocycles. The molecule has 0 aromatic rings. The minimum Gasteiger partial charge on any atom is -0.411 e. The highest BCUT2D eigenvalue weighted by atomic mass is 28.4. The van der Waals surface area contributed by atoms with E-state index in [2.05, 4.69) is 47.4 Å². The van der Waals surface area contributed by atoms with Crippen LogP contribution < -0.4 is 0 Å². The molecule has 3 heteroatoms. The van der Waals surface area contributed by atoms with Gasteiger partial charge in [0.05, 0.1) is 12.2 Å². The molecule has 1 N–H and O–H groups in total. The van der Waals surface area contributed by atoms with Crippen molar-refractivity contribution in [1.29, 1.82) is 0 Å². The van der Waals surface area contributed by atoms with E-state index in [0.29, 0.717) is 6.42 Å². The van der Waals surface area contributed by atoms with Crippen molar-refractivity contribution in [2.75, 3.05) is 0 Å². The molecule has 0 amide bonds. The van der Waals surface area contributed by atoms with Gasteiger partial charge in [0.25, 0.3) is 0 Å². The van der Waals surface area contributed by atoms with Gasteiger partial charge in [-0.2, -0.15) is 0 Å². The van der Waals surface area contributed by atoms with Gasteiger partial charge in [0.1, 0.15) is 0 Å². The molecule has 0 rings (SSSR count). The summed E-state index contributed by atoms with van der Waals surface area (Å²) in [6, 6.07) is 0. The second-order valence-corrected chi connectivity index (χ2v) is 12.0. The Balaban J connectivity index is 4.50. The molecule has 2 atom stereocenters. The van der Waals surface area contributed by atoms with Crippen molar-refractivity contribution in [2.24, 2.45) is 5.92 Å². The molecule has 0 spiro atoms. The quantitative estimate of drug-likeness (QED) is 0.575. The number of aliphatic hydroxyl groups is 1. The average Bonchev–Trinajstić information content (AvgIpc) is 2.14. The lowest BCUT2D eigenvalue weighted by Crippen LogP contribution is -2.43. The van der Waals surface area contributed by atoms with Gasteiger partial charge in [0.2, 0.25) is 0 Å². The van der Waals surface area contributed by atoms with Gasteiger partial charge in [-0.25, -0.2) is 0 Å². The Bertz CT molecular complexity index is 277. The molecule has 0 radical (unpaired) electrons. The summed E-state index contributed by atoms with van der Waals surface area (Å²) < 4.78 is 6.27. The van der Waals surface area contributed by atoms with E-state index >= 15 is 0 Å². The van der Waals surface area contributed by atoms with Crippen molar-refractivity contribution in [3.05, 3.63) is 12.2 Å². The van der Waals surface area contributed by atoms with E-state index in [9.17, 15) is 5.11 Å². The Morgan fingerprint density at radius 3 is 2.00 bits per heavy atom. The molecule has 0 fully saturated rings. The summed E-state index contributed by atoms with van der Waals surface area (Å²) in [5.74, 6) is 0.266. The highest BCUT2D eigenvalue weighted by Crippen LogP contribution is 2.38. The summed E-state index contributed by atoms with van der Waals surface area (Å²) in [5, 5.41) is 10.1. The fraction of sp³-hybridized carbons (Fsp3) is 0.867. The Morgan fingerprint density at radius 1 is 1.22 bits per heavy atom. The predicted molar refractivity (Wildman–Crippen MR) is 82.3 cm³/mol. The lowest BCUT2D eigenvalue weighted by molar-refractivity contribution is 0.116. The fourth-order valence-electron chi connectivity index (χ4n) is 1.37. The molecule has 0 aliphatic carbocycles. The van der Waals surface area contributed by atoms with Crippen molar-refractivity contribution < 1.29 is 9.53 Å². The SMILES string of the molecule is C=C(C[C@H](O)C(C)C)[C@H](C)O[Si](C)(C)C(C)(C)C. The van der Waals surface area contributed by atoms with E-state index in [1.54, 1.807) is 0 Å². The standard InChI is InChI=1S/C15H32O2Si/c1-11(2)14(16)10-12(3)13(4)17-18(8,9)15(5,6)7/h11,13-14,16H,3,10H2,1-2,4-9H3/t13-,14-/m0/s1. The van der Waals surface area contributed by atoms with Crippen LogP contribution in [0, 0.1) is 5.92 Å². The van der Waals surface area contributed by atoms with Crippen LogP contribution in [0.5, 0.6) is 0 Å². The molecule has 0 heterocycles. The third-order valence-corrected chi connectivity index (χ3v) is 8.65. The molecule has 0 aliphatic rings. The summed E-state index contributed by atoms with van der Waals surface area (Å²) >= 11 is 0. The van der Waals surface area contributed by atoms with Gasteiger partial charge in [0, 0.05) is 0 Å². The third kappa shape index (κ3) is 5.25. The van der Waals surface area contributed by atoms with Crippen LogP contribution >= 0.6 is 0 Å². The van der Waals surface area contributed by atoms with Crippen molar-refractivity contribution in [2.45, 2.75) is 78.3 Å². The zero-order valence-electron chi connectivity index (χ0n) is 13.5. The van der Waals surface area contributed by atoms with Gasteiger partial charge in [-0.3, -0.25) is 0 Å². The van der Waals surface area contributed by atoms with Gasteiger partial charge < -0.3 is 9.53 Å². The first-order valence-corrected chi connectivity index (χ1v) is 9.83. The molecule has 0 saturated heterocycles. The molecule has 18 heavy (non-hydrogen) atoms. The lowest BCUT2D eigenvalue weighted by atomic mass is 9.98. The summed E-state index contributed by atoms with van der Waals surface area (Å²) in [6.07, 6.45) is 0.343. The van der Waals surface area contributed by atoms with E-state index in [0.717, 1.165) is 5.57 Å². The van der Waals surface area contributed by atoms with E-state index in [1.807, 2.05) is 13.8 Å². The van der Waals surface area contributed by atoms with Crippen LogP contribution in [0.25, 0.3) is 0 Å². The van der Waals surface area contributed by atoms with Crippen LogP contribution in [0.1, 0.15) is 48.0 Å². The van der Waals surface area contributed by atoms with Crippen LogP contribution in [-0.4, -0.2) is 25.6 Å². The van der Waals surface area contributed by atoms with Gasteiger partial charge in [-0.15, -0.1) is 0 Å². The minimum absolute atomic E-state index is 0.0271. The maximum absolute atomic E-state index is 9.90. The first-order chi connectivity index (χ1) is 7.88. The molecular weight excluding hydrogens is 240 g/mol. The second kappa shape index (κ2) is 6.35. The number of hydrogen-bond donors (Lipinski definition) is 1. The maximum Gasteiger partial charge on any atom is 0.192 e. The molecule has 0 bridgehead atoms. The molecule has 0 aromatic carbocycles. The lowest BCUT2D eigenvalue weighted by Gasteiger charge is -2.39. The second-order valence-electron chi connectivity index (χ2n) is 7.19. The van der Waals surface area contributed by atoms with Gasteiger partial charge in [-0.1, -0.05) is 41.2 Å². The molecule has 0 aliphatic heterocycles. The van der Waals surface area contributed by atoms with Crippen molar-refractivity contribution in [3.63, 3.8) is 0 Å². The van der Waals surface area contributed by atoms with E-state index in [-0.39, 0.29) is 23.2 Å². The Kier molecular flexibility index (Phi) is 6.31. The third-order valence-electron chi connectivity index (χ3n) is 4.09. The van der Waals surface area contributed by atoms with Crippen LogP contribution in [0.15, 0.2) is 12.2 Å². The number of rotatable bonds is 6. The number of hydrogen-bond acceptors (Lipinski definition) is 2. The molecule has 0 unspecified atom stereocenters. The minimum atomic E-state index is -1.75. The predicted octanol–water partition coefficient (Wildman–Crippen LogP) is 4.36. The van der Waals surface area contributed by atoms with Crippen LogP contribution in [0.3, 0.4) is 0 Å². The van der Waals surface area contributed by atoms with E-state index in [4.69, 9.17) is 4.43 Å². The first-order valence-electron chi connectivity index (χ1n) is 6.92. The van der Waals surface area contributed by atoms with Gasteiger partial charge >= 0.3 is 0 Å². The monoisotopic (exact) mass is 272 g/mol. The normalized spacial score (nSPS) is 16.8. The Labute approximate surface area is 115 Å². The van der Waals surface area contributed by atoms with Crippen molar-refractivity contribution in [3.8, 4) is 0 Å². The fourth-order valence-corrected chi connectivity index (χ4v) is 2.78. The highest BCUT2D eigenvalue weighted by molar-refractivity contribution is 6.74. The highest BCUT2D eigenvalue weighted by Gasteiger charge is 2.38. The maximum atomic E-state index is 9.90. The molecule has 2 nitrogen and oxygen atoms in total. The van der Waals surface area contributed by atoms with Crippen LogP contribution in [0.2, 0.25) is 18.1 Å². The molecule has 108 valence electrons. The van der Waals surface area contributed by atoms with Crippen LogP contribution in [0.4, 0.5) is 0 Å². The van der Waals surface area contributed by atoms with Crippen molar-refractivity contribution in [1.82, 2.24) is 0 Å². The van der Waals surface area contributed by atoms with E-state index in [1.165, 1.54) is 0 Å². The number of aliphatic hydroxyl groups excluding tert-OH is 1. The summed E-state index contributed by atoms with van der Waals surface area (Å²) in [5.41, 5.74) is 1.00. The Morgan fingerprint density at radius 2 is 1.67 bits per heavy atom. The smallest absolute Gasteiger partial charge is 0.192 e. The topological polar surface area (TPSA) is 29.5 Å². The largest absolute Gasteiger partial charge is 0.411 e. The van der Waals surface area contributed by atoms with Gasteiger partial charge in [0.15, 0.2) is 8.32 Å². The Hall–Kier alpha value is -0.123. The van der Waals surface area contributed by atoms with Crippen molar-refractivity contribution >= 4 is 8.32 Å². The zero-order chi connectivity index (χ0) is 14.7. The van der Waals surface area contributed by atoms with Gasteiger partial charge in [-0.05, 0) is 43.0 Å². The summed E-state index contributed by atoms with van der Waals surface area (Å²) in [4.78, 5) is 0. The first kappa shape index (κ1) is 17.9. The average molecular weight is 273 g/mol. The molecular formula is C15H32O2Si. The van der Waals surface area contributed by atoms with E-state index < -0.39 is 8.32 Å².